The summed E-state index contributed by atoms with van der Waals surface area (Å²) >= 11 is 0. The highest BCUT2D eigenvalue weighted by atomic mass is 19.1. The number of rotatable bonds is 2. The first kappa shape index (κ1) is 14.3. The second-order valence-corrected chi connectivity index (χ2v) is 5.40. The lowest BCUT2D eigenvalue weighted by Crippen LogP contribution is -2.02. The van der Waals surface area contributed by atoms with Gasteiger partial charge in [0.2, 0.25) is 5.95 Å². The number of pyridine rings is 1. The van der Waals surface area contributed by atoms with Crippen LogP contribution in [0.25, 0.3) is 33.5 Å². The van der Waals surface area contributed by atoms with E-state index >= 15 is 0 Å². The van der Waals surface area contributed by atoms with Crippen molar-refractivity contribution in [1.29, 1.82) is 0 Å². The number of hydrogen-bond acceptors (Lipinski definition) is 5. The standard InChI is InChI=1S/C17H13FN6/c1-24-9-12(11-8-10(18)5-6-14(11)24)15-16(22-23-17(19)21-15)13-4-2-3-7-20-13/h2-9H,1H3,(H2,19,21,23). The largest absolute Gasteiger partial charge is 0.366 e. The molecular weight excluding hydrogens is 307 g/mol. The van der Waals surface area contributed by atoms with Crippen molar-refractivity contribution in [2.24, 2.45) is 7.05 Å². The SMILES string of the molecule is Cn1cc(-c2nc(N)nnc2-c2ccccn2)c2cc(F)ccc21. The molecule has 0 aliphatic heterocycles. The molecule has 4 aromatic rings. The summed E-state index contributed by atoms with van der Waals surface area (Å²) in [4.78, 5) is 8.65. The average molecular weight is 320 g/mol. The Balaban J connectivity index is 2.04. The van der Waals surface area contributed by atoms with Crippen LogP contribution >= 0.6 is 0 Å². The zero-order valence-corrected chi connectivity index (χ0v) is 12.8. The third-order valence-electron chi connectivity index (χ3n) is 3.82. The van der Waals surface area contributed by atoms with Crippen LogP contribution in [0, 0.1) is 5.82 Å². The fraction of sp³-hybridized carbons (Fsp3) is 0.0588. The van der Waals surface area contributed by atoms with Gasteiger partial charge in [-0.05, 0) is 30.3 Å². The highest BCUT2D eigenvalue weighted by Crippen LogP contribution is 2.34. The van der Waals surface area contributed by atoms with Crippen LogP contribution in [-0.2, 0) is 7.05 Å². The third kappa shape index (κ3) is 2.26. The Hall–Kier alpha value is -3.35. The van der Waals surface area contributed by atoms with E-state index in [0.29, 0.717) is 17.1 Å². The fourth-order valence-electron chi connectivity index (χ4n) is 2.75. The van der Waals surface area contributed by atoms with Gasteiger partial charge in [-0.1, -0.05) is 6.07 Å². The first-order chi connectivity index (χ1) is 11.6. The van der Waals surface area contributed by atoms with E-state index < -0.39 is 0 Å². The van der Waals surface area contributed by atoms with Crippen molar-refractivity contribution in [1.82, 2.24) is 24.7 Å². The van der Waals surface area contributed by atoms with Gasteiger partial charge in [-0.2, -0.15) is 0 Å². The number of aryl methyl sites for hydroxylation is 1. The third-order valence-corrected chi connectivity index (χ3v) is 3.82. The molecule has 6 nitrogen and oxygen atoms in total. The number of nitrogens with two attached hydrogens (primary N) is 1. The molecule has 0 saturated heterocycles. The second kappa shape index (κ2) is 5.38. The molecule has 1 aromatic carbocycles. The highest BCUT2D eigenvalue weighted by molar-refractivity contribution is 5.98. The van der Waals surface area contributed by atoms with Crippen molar-refractivity contribution in [2.75, 3.05) is 5.73 Å². The Bertz CT molecular complexity index is 1040. The van der Waals surface area contributed by atoms with Gasteiger partial charge in [0.15, 0.2) is 0 Å². The minimum Gasteiger partial charge on any atom is -0.366 e. The maximum atomic E-state index is 13.7. The molecule has 0 atom stereocenters. The molecule has 0 fully saturated rings. The number of aromatic nitrogens is 5. The predicted molar refractivity (Wildman–Crippen MR) is 89.3 cm³/mol. The molecule has 0 aliphatic carbocycles. The Kier molecular flexibility index (Phi) is 3.19. The van der Waals surface area contributed by atoms with Gasteiger partial charge in [-0.3, -0.25) is 4.98 Å². The van der Waals surface area contributed by atoms with E-state index in [1.165, 1.54) is 12.1 Å². The maximum absolute atomic E-state index is 13.7. The lowest BCUT2D eigenvalue weighted by atomic mass is 10.1. The number of nitrogen functional groups attached to an aromatic ring is 1. The first-order valence-corrected chi connectivity index (χ1v) is 7.30. The molecule has 7 heteroatoms. The van der Waals surface area contributed by atoms with Crippen LogP contribution < -0.4 is 5.73 Å². The molecule has 0 bridgehead atoms. The number of fused-ring (bicyclic) bond motifs is 1. The number of halogens is 1. The Labute approximate surface area is 136 Å². The Morgan fingerprint density at radius 2 is 1.96 bits per heavy atom. The van der Waals surface area contributed by atoms with Crippen molar-refractivity contribution < 1.29 is 4.39 Å². The van der Waals surface area contributed by atoms with Crippen molar-refractivity contribution >= 4 is 16.9 Å². The second-order valence-electron chi connectivity index (χ2n) is 5.40. The number of anilines is 1. The van der Waals surface area contributed by atoms with Gasteiger partial charge in [0.05, 0.1) is 5.69 Å². The Morgan fingerprint density at radius 3 is 2.75 bits per heavy atom. The van der Waals surface area contributed by atoms with Gasteiger partial charge in [0.25, 0.3) is 0 Å². The summed E-state index contributed by atoms with van der Waals surface area (Å²) < 4.78 is 15.7. The van der Waals surface area contributed by atoms with Crippen LogP contribution in [0.1, 0.15) is 0 Å². The fourth-order valence-corrected chi connectivity index (χ4v) is 2.75. The van der Waals surface area contributed by atoms with Crippen molar-refractivity contribution in [2.45, 2.75) is 0 Å². The summed E-state index contributed by atoms with van der Waals surface area (Å²) in [5.41, 5.74) is 9.01. The predicted octanol–water partition coefficient (Wildman–Crippen LogP) is 2.81. The average Bonchev–Trinajstić information content (AvgIpc) is 2.91. The molecule has 2 N–H and O–H groups in total. The topological polar surface area (TPSA) is 82.5 Å². The minimum absolute atomic E-state index is 0.0538. The molecule has 0 unspecified atom stereocenters. The molecule has 3 heterocycles. The smallest absolute Gasteiger partial charge is 0.240 e. The highest BCUT2D eigenvalue weighted by Gasteiger charge is 2.18. The van der Waals surface area contributed by atoms with Crippen molar-refractivity contribution in [3.63, 3.8) is 0 Å². The van der Waals surface area contributed by atoms with E-state index in [0.717, 1.165) is 16.5 Å². The normalized spacial score (nSPS) is 11.1. The van der Waals surface area contributed by atoms with Gasteiger partial charge in [-0.15, -0.1) is 10.2 Å². The van der Waals surface area contributed by atoms with E-state index in [4.69, 9.17) is 5.73 Å². The lowest BCUT2D eigenvalue weighted by Gasteiger charge is -2.06. The van der Waals surface area contributed by atoms with E-state index in [1.807, 2.05) is 36.0 Å². The molecule has 0 saturated carbocycles. The molecule has 4 rings (SSSR count). The van der Waals surface area contributed by atoms with Crippen LogP contribution in [0.4, 0.5) is 10.3 Å². The van der Waals surface area contributed by atoms with Crippen LogP contribution in [0.3, 0.4) is 0 Å². The quantitative estimate of drug-likeness (QED) is 0.614. The van der Waals surface area contributed by atoms with Crippen LogP contribution in [0.15, 0.2) is 48.8 Å². The van der Waals surface area contributed by atoms with E-state index in [1.54, 1.807) is 12.3 Å². The number of hydrogen-bond donors (Lipinski definition) is 1. The molecule has 0 amide bonds. The summed E-state index contributed by atoms with van der Waals surface area (Å²) in [6.45, 7) is 0. The minimum atomic E-state index is -0.315. The van der Waals surface area contributed by atoms with Gasteiger partial charge in [0, 0.05) is 35.9 Å². The number of benzene rings is 1. The van der Waals surface area contributed by atoms with Crippen LogP contribution in [0.5, 0.6) is 0 Å². The molecule has 118 valence electrons. The molecule has 3 aromatic heterocycles. The summed E-state index contributed by atoms with van der Waals surface area (Å²) in [5.74, 6) is -0.262. The van der Waals surface area contributed by atoms with Gasteiger partial charge in [-0.25, -0.2) is 9.37 Å². The number of nitrogens with zero attached hydrogens (tertiary/aromatic N) is 5. The van der Waals surface area contributed by atoms with E-state index in [2.05, 4.69) is 20.2 Å². The lowest BCUT2D eigenvalue weighted by molar-refractivity contribution is 0.629. The molecule has 24 heavy (non-hydrogen) atoms. The Morgan fingerprint density at radius 1 is 1.08 bits per heavy atom. The zero-order valence-electron chi connectivity index (χ0n) is 12.8. The molecule has 0 spiro atoms. The van der Waals surface area contributed by atoms with Crippen molar-refractivity contribution in [3.05, 3.63) is 54.6 Å². The zero-order chi connectivity index (χ0) is 16.7. The van der Waals surface area contributed by atoms with Gasteiger partial charge in [0.1, 0.15) is 17.2 Å². The summed E-state index contributed by atoms with van der Waals surface area (Å²) in [6, 6.07) is 10.1. The van der Waals surface area contributed by atoms with Gasteiger partial charge >= 0.3 is 0 Å². The first-order valence-electron chi connectivity index (χ1n) is 7.30. The van der Waals surface area contributed by atoms with E-state index in [9.17, 15) is 4.39 Å². The molecular formula is C17H13FN6. The molecule has 0 radical (unpaired) electrons. The van der Waals surface area contributed by atoms with Crippen molar-refractivity contribution in [3.8, 4) is 22.6 Å². The van der Waals surface area contributed by atoms with Gasteiger partial charge < -0.3 is 10.3 Å². The van der Waals surface area contributed by atoms with Crippen LogP contribution in [0.2, 0.25) is 0 Å². The summed E-state index contributed by atoms with van der Waals surface area (Å²) in [5, 5.41) is 8.73. The maximum Gasteiger partial charge on any atom is 0.240 e. The molecule has 0 aliphatic rings. The monoisotopic (exact) mass is 320 g/mol. The van der Waals surface area contributed by atoms with E-state index in [-0.39, 0.29) is 11.8 Å². The summed E-state index contributed by atoms with van der Waals surface area (Å²) in [7, 11) is 1.89. The summed E-state index contributed by atoms with van der Waals surface area (Å²) in [6.07, 6.45) is 3.54. The van der Waals surface area contributed by atoms with Crippen LogP contribution in [-0.4, -0.2) is 24.7 Å².